The Kier molecular flexibility index (Phi) is 4.88. The molecule has 5 heteroatoms. The summed E-state index contributed by atoms with van der Waals surface area (Å²) in [5, 5.41) is 13.8. The maximum absolute atomic E-state index is 12.4. The number of carbonyl (C=O) groups is 1. The molecule has 0 heterocycles. The molecule has 22 heavy (non-hydrogen) atoms. The molecule has 114 valence electrons. The number of hydrogen-bond acceptors (Lipinski definition) is 3. The molecule has 0 bridgehead atoms. The van der Waals surface area contributed by atoms with E-state index >= 15 is 0 Å². The van der Waals surface area contributed by atoms with E-state index in [1.807, 2.05) is 24.3 Å². The van der Waals surface area contributed by atoms with Gasteiger partial charge in [0.1, 0.15) is 5.56 Å². The summed E-state index contributed by atoms with van der Waals surface area (Å²) in [6.45, 7) is 4.15. The Morgan fingerprint density at radius 3 is 2.50 bits per heavy atom. The largest absolute Gasteiger partial charge is 0.322 e. The molecule has 0 fully saturated rings. The predicted octanol–water partition coefficient (Wildman–Crippen LogP) is 4.36. The van der Waals surface area contributed by atoms with E-state index in [4.69, 9.17) is 0 Å². The van der Waals surface area contributed by atoms with Gasteiger partial charge in [-0.2, -0.15) is 0 Å². The molecule has 1 atom stereocenters. The molecule has 2 aromatic rings. The van der Waals surface area contributed by atoms with E-state index in [1.165, 1.54) is 12.1 Å². The summed E-state index contributed by atoms with van der Waals surface area (Å²) in [6.07, 6.45) is 0.943. The molecule has 0 radical (unpaired) electrons. The van der Waals surface area contributed by atoms with Crippen molar-refractivity contribution >= 4 is 17.3 Å². The van der Waals surface area contributed by atoms with Gasteiger partial charge < -0.3 is 5.32 Å². The third kappa shape index (κ3) is 3.31. The van der Waals surface area contributed by atoms with Gasteiger partial charge in [-0.3, -0.25) is 14.9 Å². The molecule has 2 rings (SSSR count). The molecule has 0 aliphatic carbocycles. The van der Waals surface area contributed by atoms with Gasteiger partial charge in [-0.15, -0.1) is 0 Å². The maximum atomic E-state index is 12.4. The molecule has 1 unspecified atom stereocenters. The van der Waals surface area contributed by atoms with Crippen LogP contribution in [0.4, 0.5) is 11.4 Å². The van der Waals surface area contributed by atoms with Crippen molar-refractivity contribution in [3.63, 3.8) is 0 Å². The molecule has 0 saturated carbocycles. The van der Waals surface area contributed by atoms with Gasteiger partial charge >= 0.3 is 0 Å². The third-order valence-electron chi connectivity index (χ3n) is 3.70. The Hall–Kier alpha value is -2.69. The molecule has 0 spiro atoms. The van der Waals surface area contributed by atoms with E-state index in [2.05, 4.69) is 19.2 Å². The molecule has 0 aromatic heterocycles. The van der Waals surface area contributed by atoms with Crippen molar-refractivity contribution in [1.29, 1.82) is 0 Å². The Morgan fingerprint density at radius 1 is 1.18 bits per heavy atom. The molecule has 5 nitrogen and oxygen atoms in total. The Morgan fingerprint density at radius 2 is 1.82 bits per heavy atom. The first kappa shape index (κ1) is 15.7. The topological polar surface area (TPSA) is 72.2 Å². The maximum Gasteiger partial charge on any atom is 0.282 e. The molecular weight excluding hydrogens is 280 g/mol. The summed E-state index contributed by atoms with van der Waals surface area (Å²) < 4.78 is 0. The summed E-state index contributed by atoms with van der Waals surface area (Å²) >= 11 is 0. The zero-order valence-electron chi connectivity index (χ0n) is 12.6. The predicted molar refractivity (Wildman–Crippen MR) is 86.2 cm³/mol. The van der Waals surface area contributed by atoms with Crippen LogP contribution in [0.2, 0.25) is 0 Å². The van der Waals surface area contributed by atoms with Crippen LogP contribution in [-0.4, -0.2) is 10.8 Å². The van der Waals surface area contributed by atoms with Crippen molar-refractivity contribution in [3.05, 3.63) is 69.8 Å². The smallest absolute Gasteiger partial charge is 0.282 e. The number of benzene rings is 2. The number of nitrogens with one attached hydrogen (secondary N) is 1. The van der Waals surface area contributed by atoms with Crippen molar-refractivity contribution < 1.29 is 9.72 Å². The first-order valence-corrected chi connectivity index (χ1v) is 7.18. The lowest BCUT2D eigenvalue weighted by Crippen LogP contribution is -2.15. The molecule has 2 aromatic carbocycles. The minimum absolute atomic E-state index is 0.0615. The summed E-state index contributed by atoms with van der Waals surface area (Å²) in [5.74, 6) is -0.176. The van der Waals surface area contributed by atoms with Crippen molar-refractivity contribution in [2.24, 2.45) is 0 Å². The van der Waals surface area contributed by atoms with Crippen molar-refractivity contribution in [2.75, 3.05) is 5.32 Å². The zero-order valence-corrected chi connectivity index (χ0v) is 12.6. The Bertz CT molecular complexity index is 698. The lowest BCUT2D eigenvalue weighted by molar-refractivity contribution is -0.385. The van der Waals surface area contributed by atoms with Crippen LogP contribution in [0.1, 0.15) is 42.1 Å². The molecule has 0 aliphatic heterocycles. The number of rotatable bonds is 5. The average Bonchev–Trinajstić information content (AvgIpc) is 2.54. The van der Waals surface area contributed by atoms with Gasteiger partial charge in [0.2, 0.25) is 0 Å². The molecular formula is C17H18N2O3. The minimum Gasteiger partial charge on any atom is -0.322 e. The van der Waals surface area contributed by atoms with Crippen LogP contribution < -0.4 is 5.32 Å². The monoisotopic (exact) mass is 298 g/mol. The van der Waals surface area contributed by atoms with Gasteiger partial charge in [0, 0.05) is 11.8 Å². The summed E-state index contributed by atoms with van der Waals surface area (Å²) in [7, 11) is 0. The highest BCUT2D eigenvalue weighted by atomic mass is 16.6. The van der Waals surface area contributed by atoms with Gasteiger partial charge in [0.15, 0.2) is 0 Å². The van der Waals surface area contributed by atoms with Crippen LogP contribution in [-0.2, 0) is 0 Å². The fourth-order valence-electron chi connectivity index (χ4n) is 2.27. The normalized spacial score (nSPS) is 11.7. The van der Waals surface area contributed by atoms with Crippen LogP contribution in [0.25, 0.3) is 0 Å². The van der Waals surface area contributed by atoms with E-state index < -0.39 is 10.8 Å². The number of carbonyl (C=O) groups excluding carboxylic acids is 1. The van der Waals surface area contributed by atoms with E-state index in [0.29, 0.717) is 11.6 Å². The van der Waals surface area contributed by atoms with Crippen molar-refractivity contribution in [3.8, 4) is 0 Å². The summed E-state index contributed by atoms with van der Waals surface area (Å²) in [6, 6.07) is 13.5. The van der Waals surface area contributed by atoms with Crippen molar-refractivity contribution in [1.82, 2.24) is 0 Å². The van der Waals surface area contributed by atoms with E-state index in [1.54, 1.807) is 12.1 Å². The Labute approximate surface area is 129 Å². The number of nitro benzene ring substituents is 1. The summed E-state index contributed by atoms with van der Waals surface area (Å²) in [4.78, 5) is 22.9. The fraction of sp³-hybridized carbons (Fsp3) is 0.235. The molecule has 1 N–H and O–H groups in total. The van der Waals surface area contributed by atoms with Gasteiger partial charge in [-0.05, 0) is 30.0 Å². The highest BCUT2D eigenvalue weighted by Crippen LogP contribution is 2.27. The standard InChI is InChI=1S/C17H18N2O3/c1-3-12(2)13-8-4-6-10-15(13)18-17(20)14-9-5-7-11-16(14)19(21)22/h4-12H,3H2,1-2H3,(H,18,20). The van der Waals surface area contributed by atoms with Crippen LogP contribution in [0.5, 0.6) is 0 Å². The van der Waals surface area contributed by atoms with Crippen LogP contribution >= 0.6 is 0 Å². The molecule has 0 aliphatic rings. The van der Waals surface area contributed by atoms with Gasteiger partial charge in [0.25, 0.3) is 11.6 Å². The van der Waals surface area contributed by atoms with Crippen molar-refractivity contribution in [2.45, 2.75) is 26.2 Å². The lowest BCUT2D eigenvalue weighted by Gasteiger charge is -2.15. The lowest BCUT2D eigenvalue weighted by atomic mass is 9.96. The van der Waals surface area contributed by atoms with Crippen LogP contribution in [0, 0.1) is 10.1 Å². The quantitative estimate of drug-likeness (QED) is 0.658. The number of nitro groups is 1. The Balaban J connectivity index is 2.33. The average molecular weight is 298 g/mol. The van der Waals surface area contributed by atoms with E-state index in [9.17, 15) is 14.9 Å². The zero-order chi connectivity index (χ0) is 16.1. The van der Waals surface area contributed by atoms with Crippen LogP contribution in [0.15, 0.2) is 48.5 Å². The molecule has 0 saturated heterocycles. The van der Waals surface area contributed by atoms with Gasteiger partial charge in [-0.1, -0.05) is 44.2 Å². The SMILES string of the molecule is CCC(C)c1ccccc1NC(=O)c1ccccc1[N+](=O)[O-]. The second-order valence-electron chi connectivity index (χ2n) is 5.12. The number of para-hydroxylation sites is 2. The third-order valence-corrected chi connectivity index (χ3v) is 3.70. The van der Waals surface area contributed by atoms with E-state index in [0.717, 1.165) is 12.0 Å². The number of nitrogens with zero attached hydrogens (tertiary/aromatic N) is 1. The number of hydrogen-bond donors (Lipinski definition) is 1. The minimum atomic E-state index is -0.546. The summed E-state index contributed by atoms with van der Waals surface area (Å²) in [5.41, 5.74) is 1.59. The van der Waals surface area contributed by atoms with Gasteiger partial charge in [-0.25, -0.2) is 0 Å². The van der Waals surface area contributed by atoms with Gasteiger partial charge in [0.05, 0.1) is 4.92 Å². The second-order valence-corrected chi connectivity index (χ2v) is 5.12. The van der Waals surface area contributed by atoms with E-state index in [-0.39, 0.29) is 11.3 Å². The number of anilines is 1. The first-order valence-electron chi connectivity index (χ1n) is 7.18. The second kappa shape index (κ2) is 6.85. The fourth-order valence-corrected chi connectivity index (χ4v) is 2.27. The highest BCUT2D eigenvalue weighted by molar-refractivity contribution is 6.07. The highest BCUT2D eigenvalue weighted by Gasteiger charge is 2.20. The van der Waals surface area contributed by atoms with Crippen LogP contribution in [0.3, 0.4) is 0 Å². The molecule has 1 amide bonds. The number of amides is 1. The first-order chi connectivity index (χ1) is 10.5.